The van der Waals surface area contributed by atoms with Crippen molar-refractivity contribution in [1.29, 1.82) is 0 Å². The first-order valence-electron chi connectivity index (χ1n) is 9.74. The molecule has 0 radical (unpaired) electrons. The normalized spacial score (nSPS) is 54.7. The van der Waals surface area contributed by atoms with Gasteiger partial charge in [0.15, 0.2) is 5.79 Å². The Morgan fingerprint density at radius 2 is 1.70 bits per heavy atom. The number of aliphatic hydroxyl groups is 2. The Morgan fingerprint density at radius 3 is 2.43 bits per heavy atom. The van der Waals surface area contributed by atoms with E-state index >= 15 is 0 Å². The topological polar surface area (TPSA) is 57.5 Å². The first-order chi connectivity index (χ1) is 10.8. The van der Waals surface area contributed by atoms with Crippen LogP contribution >= 0.6 is 0 Å². The molecule has 4 aliphatic rings. The van der Waals surface area contributed by atoms with Crippen molar-refractivity contribution in [3.63, 3.8) is 0 Å². The highest BCUT2D eigenvalue weighted by molar-refractivity contribution is 5.56. The van der Waals surface area contributed by atoms with Gasteiger partial charge in [0.2, 0.25) is 0 Å². The fourth-order valence-corrected chi connectivity index (χ4v) is 7.63. The van der Waals surface area contributed by atoms with Crippen LogP contribution in [0.1, 0.15) is 71.6 Å². The SMILES string of the molecule is C[C@]12CC[C@H]3[C@@H](CC[C@@H]4CCCC(O)(O)[C@@]43C)[C@H]1CC[C@@H]2C=O. The van der Waals surface area contributed by atoms with Gasteiger partial charge in [-0.25, -0.2) is 0 Å². The summed E-state index contributed by atoms with van der Waals surface area (Å²) < 4.78 is 0. The minimum atomic E-state index is -1.50. The van der Waals surface area contributed by atoms with Crippen molar-refractivity contribution >= 4 is 6.29 Å². The second-order valence-corrected chi connectivity index (χ2v) is 9.51. The van der Waals surface area contributed by atoms with E-state index in [2.05, 4.69) is 13.8 Å². The van der Waals surface area contributed by atoms with Gasteiger partial charge in [-0.1, -0.05) is 13.8 Å². The van der Waals surface area contributed by atoms with Crippen molar-refractivity contribution in [2.24, 2.45) is 40.4 Å². The summed E-state index contributed by atoms with van der Waals surface area (Å²) in [5.41, 5.74) is -0.191. The monoisotopic (exact) mass is 320 g/mol. The van der Waals surface area contributed by atoms with Crippen molar-refractivity contribution in [3.8, 4) is 0 Å². The lowest BCUT2D eigenvalue weighted by Gasteiger charge is -2.63. The molecular formula is C20H32O3. The Bertz CT molecular complexity index is 501. The minimum Gasteiger partial charge on any atom is -0.365 e. The molecule has 0 amide bonds. The van der Waals surface area contributed by atoms with Gasteiger partial charge in [0.25, 0.3) is 0 Å². The van der Waals surface area contributed by atoms with Crippen LogP contribution in [-0.2, 0) is 4.79 Å². The van der Waals surface area contributed by atoms with Crippen molar-refractivity contribution in [2.75, 3.05) is 0 Å². The highest BCUT2D eigenvalue weighted by atomic mass is 16.5. The molecule has 0 aliphatic heterocycles. The van der Waals surface area contributed by atoms with Gasteiger partial charge in [0.1, 0.15) is 6.29 Å². The number of hydrogen-bond donors (Lipinski definition) is 2. The zero-order valence-corrected chi connectivity index (χ0v) is 14.6. The summed E-state index contributed by atoms with van der Waals surface area (Å²) in [6, 6.07) is 0. The number of fused-ring (bicyclic) bond motifs is 5. The molecule has 4 rings (SSSR count). The second kappa shape index (κ2) is 5.05. The van der Waals surface area contributed by atoms with Crippen LogP contribution in [0.3, 0.4) is 0 Å². The zero-order chi connectivity index (χ0) is 16.5. The lowest BCUT2D eigenvalue weighted by atomic mass is 9.43. The average molecular weight is 320 g/mol. The van der Waals surface area contributed by atoms with Crippen LogP contribution in [0.25, 0.3) is 0 Å². The van der Waals surface area contributed by atoms with Gasteiger partial charge >= 0.3 is 0 Å². The molecule has 7 atom stereocenters. The van der Waals surface area contributed by atoms with Crippen molar-refractivity contribution in [2.45, 2.75) is 77.4 Å². The van der Waals surface area contributed by atoms with Crippen LogP contribution in [0.5, 0.6) is 0 Å². The maximum absolute atomic E-state index is 11.5. The molecule has 4 saturated carbocycles. The Balaban J connectivity index is 1.70. The van der Waals surface area contributed by atoms with E-state index in [0.717, 1.165) is 44.9 Å². The van der Waals surface area contributed by atoms with Crippen LogP contribution in [0.15, 0.2) is 0 Å². The number of rotatable bonds is 1. The lowest BCUT2D eigenvalue weighted by molar-refractivity contribution is -0.312. The first kappa shape index (κ1) is 16.1. The van der Waals surface area contributed by atoms with Crippen LogP contribution in [0.2, 0.25) is 0 Å². The third kappa shape index (κ3) is 1.93. The summed E-state index contributed by atoms with van der Waals surface area (Å²) in [5, 5.41) is 21.7. The number of carbonyl (C=O) groups excluding carboxylic acids is 1. The second-order valence-electron chi connectivity index (χ2n) is 9.51. The molecular weight excluding hydrogens is 288 g/mol. The molecule has 23 heavy (non-hydrogen) atoms. The molecule has 0 aromatic carbocycles. The van der Waals surface area contributed by atoms with Crippen LogP contribution in [0.4, 0.5) is 0 Å². The largest absolute Gasteiger partial charge is 0.365 e. The van der Waals surface area contributed by atoms with Crippen molar-refractivity contribution in [1.82, 2.24) is 0 Å². The van der Waals surface area contributed by atoms with Gasteiger partial charge in [-0.05, 0) is 80.5 Å². The van der Waals surface area contributed by atoms with E-state index in [1.54, 1.807) is 0 Å². The first-order valence-corrected chi connectivity index (χ1v) is 9.74. The van der Waals surface area contributed by atoms with E-state index in [9.17, 15) is 15.0 Å². The number of aldehydes is 1. The van der Waals surface area contributed by atoms with E-state index in [-0.39, 0.29) is 16.7 Å². The summed E-state index contributed by atoms with van der Waals surface area (Å²) in [7, 11) is 0. The van der Waals surface area contributed by atoms with Gasteiger partial charge in [0, 0.05) is 17.8 Å². The predicted molar refractivity (Wildman–Crippen MR) is 88.4 cm³/mol. The summed E-state index contributed by atoms with van der Waals surface area (Å²) in [6.45, 7) is 4.50. The van der Waals surface area contributed by atoms with Crippen LogP contribution in [0, 0.1) is 40.4 Å². The van der Waals surface area contributed by atoms with Gasteiger partial charge < -0.3 is 15.0 Å². The molecule has 3 nitrogen and oxygen atoms in total. The molecule has 0 aromatic heterocycles. The molecule has 2 N–H and O–H groups in total. The van der Waals surface area contributed by atoms with E-state index in [4.69, 9.17) is 0 Å². The van der Waals surface area contributed by atoms with Gasteiger partial charge in [0.05, 0.1) is 0 Å². The summed E-state index contributed by atoms with van der Waals surface area (Å²) in [5.74, 6) is 0.775. The molecule has 0 spiro atoms. The molecule has 0 unspecified atom stereocenters. The molecule has 0 aromatic rings. The molecule has 0 saturated heterocycles. The lowest BCUT2D eigenvalue weighted by Crippen LogP contribution is -2.63. The molecule has 3 heteroatoms. The standard InChI is InChI=1S/C20H32O3/c1-18-11-9-17-15(16(18)8-6-14(18)12-21)7-5-13-4-3-10-20(22,23)19(13,17)2/h12-17,22-23H,3-11H2,1-2H3/t13-,14+,15-,16+,17-,18+,19-/m0/s1. The van der Waals surface area contributed by atoms with Crippen molar-refractivity contribution in [3.05, 3.63) is 0 Å². The molecule has 4 fully saturated rings. The van der Waals surface area contributed by atoms with E-state index in [0.29, 0.717) is 30.1 Å². The predicted octanol–water partition coefficient (Wildman–Crippen LogP) is 3.53. The number of carbonyl (C=O) groups is 1. The summed E-state index contributed by atoms with van der Waals surface area (Å²) >= 11 is 0. The third-order valence-electron chi connectivity index (χ3n) is 9.08. The average Bonchev–Trinajstić information content (AvgIpc) is 2.85. The molecule has 4 aliphatic carbocycles. The smallest absolute Gasteiger partial charge is 0.168 e. The summed E-state index contributed by atoms with van der Waals surface area (Å²) in [4.78, 5) is 11.5. The molecule has 130 valence electrons. The van der Waals surface area contributed by atoms with Crippen LogP contribution < -0.4 is 0 Å². The van der Waals surface area contributed by atoms with Crippen molar-refractivity contribution < 1.29 is 15.0 Å². The van der Waals surface area contributed by atoms with E-state index < -0.39 is 5.79 Å². The maximum Gasteiger partial charge on any atom is 0.168 e. The quantitative estimate of drug-likeness (QED) is 0.574. The Hall–Kier alpha value is -0.410. The maximum atomic E-state index is 11.5. The van der Waals surface area contributed by atoms with E-state index in [1.807, 2.05) is 0 Å². The Labute approximate surface area is 139 Å². The third-order valence-corrected chi connectivity index (χ3v) is 9.08. The fraction of sp³-hybridized carbons (Fsp3) is 0.950. The van der Waals surface area contributed by atoms with Gasteiger partial charge in [-0.2, -0.15) is 0 Å². The highest BCUT2D eigenvalue weighted by Crippen LogP contribution is 2.68. The Kier molecular flexibility index (Phi) is 3.53. The molecule has 0 bridgehead atoms. The molecule has 0 heterocycles. The van der Waals surface area contributed by atoms with E-state index in [1.165, 1.54) is 12.7 Å². The van der Waals surface area contributed by atoms with Gasteiger partial charge in [-0.15, -0.1) is 0 Å². The van der Waals surface area contributed by atoms with Gasteiger partial charge in [-0.3, -0.25) is 0 Å². The Morgan fingerprint density at radius 1 is 0.913 bits per heavy atom. The number of hydrogen-bond acceptors (Lipinski definition) is 3. The highest BCUT2D eigenvalue weighted by Gasteiger charge is 2.65. The van der Waals surface area contributed by atoms with Crippen LogP contribution in [-0.4, -0.2) is 22.3 Å². The minimum absolute atomic E-state index is 0.161. The summed E-state index contributed by atoms with van der Waals surface area (Å²) in [6.07, 6.45) is 10.5. The zero-order valence-electron chi connectivity index (χ0n) is 14.6. The fourth-order valence-electron chi connectivity index (χ4n) is 7.63.